The van der Waals surface area contributed by atoms with Crippen molar-refractivity contribution in [2.45, 2.75) is 40.5 Å². The van der Waals surface area contributed by atoms with Gasteiger partial charge in [-0.1, -0.05) is 36.2 Å². The van der Waals surface area contributed by atoms with E-state index < -0.39 is 0 Å². The molecule has 0 aromatic heterocycles. The van der Waals surface area contributed by atoms with Gasteiger partial charge in [0.25, 0.3) is 5.91 Å². The van der Waals surface area contributed by atoms with Gasteiger partial charge < -0.3 is 5.32 Å². The van der Waals surface area contributed by atoms with Gasteiger partial charge in [-0.25, -0.2) is 0 Å². The lowest BCUT2D eigenvalue weighted by atomic mass is 9.97. The van der Waals surface area contributed by atoms with Crippen LogP contribution in [0.5, 0.6) is 0 Å². The molecule has 0 heterocycles. The molecule has 0 unspecified atom stereocenters. The Balaban J connectivity index is 2.79. The third-order valence-electron chi connectivity index (χ3n) is 3.57. The fourth-order valence-corrected chi connectivity index (χ4v) is 2.61. The average molecular weight is 347 g/mol. The average Bonchev–Trinajstić information content (AvgIpc) is 2.53. The Labute approximate surface area is 150 Å². The second-order valence-corrected chi connectivity index (χ2v) is 6.37. The van der Waals surface area contributed by atoms with Crippen LogP contribution in [0.15, 0.2) is 40.9 Å². The predicted octanol–water partition coefficient (Wildman–Crippen LogP) is 4.99. The standard InChI is InChI=1S/C20H27ClN2O/c1-6-7-16(18-13-17(21)9-8-15(18)4)10-11-23-20(24)19(22-5)12-14(2)3/h7-9,12-13H,6,10-11H2,1-5H3,(H,23,24)/b16-7-,22-19?. The van der Waals surface area contributed by atoms with E-state index >= 15 is 0 Å². The van der Waals surface area contributed by atoms with Crippen molar-refractivity contribution in [1.82, 2.24) is 5.32 Å². The molecule has 0 atom stereocenters. The quantitative estimate of drug-likeness (QED) is 0.694. The third-order valence-corrected chi connectivity index (χ3v) is 3.81. The Kier molecular flexibility index (Phi) is 8.48. The summed E-state index contributed by atoms with van der Waals surface area (Å²) in [4.78, 5) is 16.2. The van der Waals surface area contributed by atoms with Gasteiger partial charge in [-0.15, -0.1) is 0 Å². The molecule has 130 valence electrons. The molecule has 0 spiro atoms. The molecule has 3 nitrogen and oxygen atoms in total. The van der Waals surface area contributed by atoms with Crippen LogP contribution in [-0.4, -0.2) is 25.2 Å². The highest BCUT2D eigenvalue weighted by atomic mass is 35.5. The van der Waals surface area contributed by atoms with Crippen LogP contribution in [0.3, 0.4) is 0 Å². The second kappa shape index (κ2) is 10.1. The van der Waals surface area contributed by atoms with Crippen molar-refractivity contribution in [1.29, 1.82) is 0 Å². The number of amides is 1. The minimum atomic E-state index is -0.141. The summed E-state index contributed by atoms with van der Waals surface area (Å²) in [5.74, 6) is -0.141. The van der Waals surface area contributed by atoms with Crippen molar-refractivity contribution in [2.75, 3.05) is 13.6 Å². The highest BCUT2D eigenvalue weighted by Crippen LogP contribution is 2.25. The van der Waals surface area contributed by atoms with Crippen molar-refractivity contribution < 1.29 is 4.79 Å². The van der Waals surface area contributed by atoms with Crippen LogP contribution in [0, 0.1) is 6.92 Å². The number of aliphatic imine (C=N–C) groups is 1. The van der Waals surface area contributed by atoms with E-state index in [0.717, 1.165) is 29.0 Å². The number of nitrogens with one attached hydrogen (secondary N) is 1. The maximum Gasteiger partial charge on any atom is 0.269 e. The zero-order valence-corrected chi connectivity index (χ0v) is 16.0. The molecule has 4 heteroatoms. The fourth-order valence-electron chi connectivity index (χ4n) is 2.44. The van der Waals surface area contributed by atoms with Gasteiger partial charge in [-0.05, 0) is 68.5 Å². The molecule has 0 saturated heterocycles. The lowest BCUT2D eigenvalue weighted by molar-refractivity contribution is -0.114. The topological polar surface area (TPSA) is 41.5 Å². The van der Waals surface area contributed by atoms with Gasteiger partial charge in [-0.2, -0.15) is 0 Å². The van der Waals surface area contributed by atoms with E-state index in [9.17, 15) is 4.79 Å². The maximum atomic E-state index is 12.2. The SMILES string of the molecule is CC/C=C(/CCNC(=O)C(C=C(C)C)=NC)c1cc(Cl)ccc1C. The van der Waals surface area contributed by atoms with Crippen molar-refractivity contribution in [3.63, 3.8) is 0 Å². The van der Waals surface area contributed by atoms with Gasteiger partial charge in [0.1, 0.15) is 5.71 Å². The largest absolute Gasteiger partial charge is 0.350 e. The Bertz CT molecular complexity index is 668. The molecule has 0 aliphatic rings. The minimum absolute atomic E-state index is 0.141. The van der Waals surface area contributed by atoms with Crippen molar-refractivity contribution in [3.8, 4) is 0 Å². The van der Waals surface area contributed by atoms with Gasteiger partial charge in [0.15, 0.2) is 0 Å². The van der Waals surface area contributed by atoms with E-state index in [2.05, 4.69) is 30.2 Å². The predicted molar refractivity (Wildman–Crippen MR) is 105 cm³/mol. The van der Waals surface area contributed by atoms with Crippen LogP contribution in [0.1, 0.15) is 44.7 Å². The first kappa shape index (κ1) is 20.2. The summed E-state index contributed by atoms with van der Waals surface area (Å²) in [7, 11) is 1.63. The van der Waals surface area contributed by atoms with Crippen molar-refractivity contribution in [2.24, 2.45) is 4.99 Å². The molecule has 0 saturated carbocycles. The van der Waals surface area contributed by atoms with E-state index in [0.29, 0.717) is 12.3 Å². The Hall–Kier alpha value is -1.87. The maximum absolute atomic E-state index is 12.2. The molecule has 0 aliphatic heterocycles. The van der Waals surface area contributed by atoms with Gasteiger partial charge >= 0.3 is 0 Å². The molecule has 0 fully saturated rings. The summed E-state index contributed by atoms with van der Waals surface area (Å²) in [5.41, 5.74) is 5.04. The number of nitrogens with zero attached hydrogens (tertiary/aromatic N) is 1. The Morgan fingerprint density at radius 2 is 2.04 bits per heavy atom. The number of hydrogen-bond acceptors (Lipinski definition) is 2. The summed E-state index contributed by atoms with van der Waals surface area (Å²) < 4.78 is 0. The first-order chi connectivity index (χ1) is 11.4. The smallest absolute Gasteiger partial charge is 0.269 e. The third kappa shape index (κ3) is 6.32. The second-order valence-electron chi connectivity index (χ2n) is 5.93. The molecule has 1 aromatic rings. The number of allylic oxidation sites excluding steroid dienone is 2. The summed E-state index contributed by atoms with van der Waals surface area (Å²) in [6, 6.07) is 5.91. The molecule has 1 aromatic carbocycles. The molecule has 0 aliphatic carbocycles. The Morgan fingerprint density at radius 1 is 1.33 bits per heavy atom. The zero-order valence-electron chi connectivity index (χ0n) is 15.2. The highest BCUT2D eigenvalue weighted by molar-refractivity contribution is 6.43. The first-order valence-electron chi connectivity index (χ1n) is 8.24. The minimum Gasteiger partial charge on any atom is -0.350 e. The van der Waals surface area contributed by atoms with Gasteiger partial charge in [0.2, 0.25) is 0 Å². The van der Waals surface area contributed by atoms with Gasteiger partial charge in [-0.3, -0.25) is 9.79 Å². The van der Waals surface area contributed by atoms with Crippen molar-refractivity contribution >= 4 is 28.8 Å². The molecule has 1 N–H and O–H groups in total. The number of carbonyl (C=O) groups is 1. The molecule has 1 rings (SSSR count). The van der Waals surface area contributed by atoms with E-state index in [1.165, 1.54) is 11.1 Å². The summed E-state index contributed by atoms with van der Waals surface area (Å²) in [6.07, 6.45) is 5.68. The van der Waals surface area contributed by atoms with E-state index in [-0.39, 0.29) is 5.91 Å². The summed E-state index contributed by atoms with van der Waals surface area (Å²) in [6.45, 7) is 8.64. The number of rotatable bonds is 7. The monoisotopic (exact) mass is 346 g/mol. The lowest BCUT2D eigenvalue weighted by Gasteiger charge is -2.12. The molecule has 24 heavy (non-hydrogen) atoms. The van der Waals surface area contributed by atoms with Crippen LogP contribution in [-0.2, 0) is 4.79 Å². The number of benzene rings is 1. The summed E-state index contributed by atoms with van der Waals surface area (Å²) >= 11 is 6.14. The van der Waals surface area contributed by atoms with Gasteiger partial charge in [0.05, 0.1) is 0 Å². The molecular formula is C20H27ClN2O. The van der Waals surface area contributed by atoms with Crippen LogP contribution >= 0.6 is 11.6 Å². The van der Waals surface area contributed by atoms with Crippen LogP contribution in [0.25, 0.3) is 5.57 Å². The van der Waals surface area contributed by atoms with Crippen molar-refractivity contribution in [3.05, 3.63) is 52.1 Å². The van der Waals surface area contributed by atoms with E-state index in [4.69, 9.17) is 11.6 Å². The number of halogens is 1. The first-order valence-corrected chi connectivity index (χ1v) is 8.62. The molecule has 1 amide bonds. The van der Waals surface area contributed by atoms with Crippen LogP contribution in [0.4, 0.5) is 0 Å². The fraction of sp³-hybridized carbons (Fsp3) is 0.400. The molecule has 0 bridgehead atoms. The lowest BCUT2D eigenvalue weighted by Crippen LogP contribution is -2.31. The summed E-state index contributed by atoms with van der Waals surface area (Å²) in [5, 5.41) is 3.67. The normalized spacial score (nSPS) is 12.1. The highest BCUT2D eigenvalue weighted by Gasteiger charge is 2.10. The van der Waals surface area contributed by atoms with Crippen LogP contribution < -0.4 is 5.32 Å². The number of carbonyl (C=O) groups excluding carboxylic acids is 1. The van der Waals surface area contributed by atoms with E-state index in [1.54, 1.807) is 13.1 Å². The number of aryl methyl sites for hydroxylation is 1. The van der Waals surface area contributed by atoms with Crippen LogP contribution in [0.2, 0.25) is 5.02 Å². The molecule has 0 radical (unpaired) electrons. The molecular weight excluding hydrogens is 320 g/mol. The van der Waals surface area contributed by atoms with E-state index in [1.807, 2.05) is 32.0 Å². The number of hydrogen-bond donors (Lipinski definition) is 1. The Morgan fingerprint density at radius 3 is 2.62 bits per heavy atom. The zero-order chi connectivity index (χ0) is 18.1. The van der Waals surface area contributed by atoms with Gasteiger partial charge in [0, 0.05) is 18.6 Å².